The Kier molecular flexibility index (Phi) is 4.15. The molecule has 28 heavy (non-hydrogen) atoms. The topological polar surface area (TPSA) is 46.9 Å². The van der Waals surface area contributed by atoms with Crippen LogP contribution in [0.15, 0.2) is 24.3 Å². The molecule has 4 aliphatic carbocycles. The van der Waals surface area contributed by atoms with Crippen LogP contribution in [0.5, 0.6) is 0 Å². The molecular weight excluding hydrogens is 346 g/mol. The second kappa shape index (κ2) is 6.47. The standard InChI is InChI=1S/C24H31N3O/c1-15-6-4-5-7-21(15)14-27-17(3)22(16(2)26-27)25-23(28)24-11-18-8-19(12-24)10-20(9-18)13-24/h4-7,18-20H,8-14H2,1-3H3,(H,25,28). The Morgan fingerprint density at radius 1 is 1.07 bits per heavy atom. The van der Waals surface area contributed by atoms with Gasteiger partial charge in [0.1, 0.15) is 0 Å². The van der Waals surface area contributed by atoms with Crippen molar-refractivity contribution in [2.45, 2.75) is 65.8 Å². The maximum absolute atomic E-state index is 13.4. The molecule has 1 heterocycles. The van der Waals surface area contributed by atoms with Crippen LogP contribution < -0.4 is 5.32 Å². The van der Waals surface area contributed by atoms with E-state index < -0.39 is 0 Å². The zero-order chi connectivity index (χ0) is 19.5. The molecule has 0 spiro atoms. The molecule has 148 valence electrons. The van der Waals surface area contributed by atoms with Crippen LogP contribution in [0.3, 0.4) is 0 Å². The molecule has 4 fully saturated rings. The van der Waals surface area contributed by atoms with Crippen molar-refractivity contribution in [2.24, 2.45) is 23.2 Å². The molecule has 0 saturated heterocycles. The van der Waals surface area contributed by atoms with E-state index in [1.54, 1.807) is 0 Å². The van der Waals surface area contributed by atoms with Crippen molar-refractivity contribution < 1.29 is 4.79 Å². The lowest BCUT2D eigenvalue weighted by molar-refractivity contribution is -0.140. The summed E-state index contributed by atoms with van der Waals surface area (Å²) in [4.78, 5) is 13.4. The molecule has 1 amide bonds. The van der Waals surface area contributed by atoms with Gasteiger partial charge in [-0.15, -0.1) is 0 Å². The van der Waals surface area contributed by atoms with Gasteiger partial charge in [0.25, 0.3) is 0 Å². The van der Waals surface area contributed by atoms with Crippen LogP contribution in [-0.4, -0.2) is 15.7 Å². The number of aryl methyl sites for hydroxylation is 2. The minimum absolute atomic E-state index is 0.119. The first kappa shape index (κ1) is 18.0. The summed E-state index contributed by atoms with van der Waals surface area (Å²) >= 11 is 0. The zero-order valence-electron chi connectivity index (χ0n) is 17.3. The van der Waals surface area contributed by atoms with Crippen LogP contribution in [0.2, 0.25) is 0 Å². The highest BCUT2D eigenvalue weighted by atomic mass is 16.2. The Bertz CT molecular complexity index is 891. The highest BCUT2D eigenvalue weighted by Crippen LogP contribution is 2.60. The first-order valence-electron chi connectivity index (χ1n) is 10.8. The van der Waals surface area contributed by atoms with E-state index in [4.69, 9.17) is 5.10 Å². The number of hydrogen-bond acceptors (Lipinski definition) is 2. The maximum atomic E-state index is 13.4. The van der Waals surface area contributed by atoms with E-state index in [1.807, 2.05) is 11.6 Å². The number of benzene rings is 1. The minimum atomic E-state index is -0.119. The van der Waals surface area contributed by atoms with Crippen LogP contribution in [-0.2, 0) is 11.3 Å². The summed E-state index contributed by atoms with van der Waals surface area (Å²) in [5.41, 5.74) is 5.32. The summed E-state index contributed by atoms with van der Waals surface area (Å²) in [5.74, 6) is 2.60. The van der Waals surface area contributed by atoms with E-state index in [-0.39, 0.29) is 11.3 Å². The summed E-state index contributed by atoms with van der Waals surface area (Å²) < 4.78 is 2.03. The summed E-state index contributed by atoms with van der Waals surface area (Å²) in [5, 5.41) is 8.08. The van der Waals surface area contributed by atoms with Crippen molar-refractivity contribution in [3.05, 3.63) is 46.8 Å². The van der Waals surface area contributed by atoms with Crippen LogP contribution in [0, 0.1) is 43.9 Å². The maximum Gasteiger partial charge on any atom is 0.230 e. The van der Waals surface area contributed by atoms with E-state index in [2.05, 4.69) is 43.4 Å². The molecular formula is C24H31N3O. The molecule has 4 nitrogen and oxygen atoms in total. The quantitative estimate of drug-likeness (QED) is 0.814. The second-order valence-corrected chi connectivity index (χ2v) is 9.78. The zero-order valence-corrected chi connectivity index (χ0v) is 17.3. The van der Waals surface area contributed by atoms with Crippen molar-refractivity contribution in [1.29, 1.82) is 0 Å². The average Bonchev–Trinajstić information content (AvgIpc) is 2.90. The SMILES string of the molecule is Cc1ccccc1Cn1nc(C)c(NC(=O)C23CC4CC(CC(C4)C2)C3)c1C. The number of hydrogen-bond donors (Lipinski definition) is 1. The number of carbonyl (C=O) groups excluding carboxylic acids is 1. The van der Waals surface area contributed by atoms with Gasteiger partial charge >= 0.3 is 0 Å². The van der Waals surface area contributed by atoms with Crippen LogP contribution >= 0.6 is 0 Å². The van der Waals surface area contributed by atoms with E-state index in [1.165, 1.54) is 30.4 Å². The smallest absolute Gasteiger partial charge is 0.230 e. The molecule has 1 aromatic heterocycles. The van der Waals surface area contributed by atoms with Crippen molar-refractivity contribution in [2.75, 3.05) is 5.32 Å². The van der Waals surface area contributed by atoms with Gasteiger partial charge in [-0.25, -0.2) is 0 Å². The molecule has 4 aliphatic rings. The molecule has 0 atom stereocenters. The molecule has 4 saturated carbocycles. The van der Waals surface area contributed by atoms with Gasteiger partial charge in [0.2, 0.25) is 5.91 Å². The molecule has 2 aromatic rings. The number of nitrogens with one attached hydrogen (secondary N) is 1. The lowest BCUT2D eigenvalue weighted by atomic mass is 9.49. The lowest BCUT2D eigenvalue weighted by Crippen LogP contribution is -2.51. The highest BCUT2D eigenvalue weighted by molar-refractivity contribution is 5.96. The van der Waals surface area contributed by atoms with Gasteiger partial charge < -0.3 is 5.32 Å². The van der Waals surface area contributed by atoms with Gasteiger partial charge in [-0.05, 0) is 88.2 Å². The van der Waals surface area contributed by atoms with Gasteiger partial charge in [0, 0.05) is 0 Å². The van der Waals surface area contributed by atoms with Crippen molar-refractivity contribution in [1.82, 2.24) is 9.78 Å². The number of aromatic nitrogens is 2. The molecule has 1 N–H and O–H groups in total. The van der Waals surface area contributed by atoms with Gasteiger partial charge in [-0.3, -0.25) is 9.48 Å². The molecule has 6 rings (SSSR count). The Labute approximate surface area is 167 Å². The van der Waals surface area contributed by atoms with Crippen LogP contribution in [0.25, 0.3) is 0 Å². The number of nitrogens with zero attached hydrogens (tertiary/aromatic N) is 2. The third kappa shape index (κ3) is 2.89. The third-order valence-corrected chi connectivity index (χ3v) is 7.72. The predicted octanol–water partition coefficient (Wildman–Crippen LogP) is 5.01. The van der Waals surface area contributed by atoms with Crippen molar-refractivity contribution >= 4 is 11.6 Å². The summed E-state index contributed by atoms with van der Waals surface area (Å²) in [6.45, 7) is 6.97. The Morgan fingerprint density at radius 2 is 1.68 bits per heavy atom. The van der Waals surface area contributed by atoms with Gasteiger partial charge in [0.15, 0.2) is 0 Å². The first-order chi connectivity index (χ1) is 13.4. The largest absolute Gasteiger partial charge is 0.322 e. The van der Waals surface area contributed by atoms with Crippen LogP contribution in [0.1, 0.15) is 61.0 Å². The minimum Gasteiger partial charge on any atom is -0.322 e. The lowest BCUT2D eigenvalue weighted by Gasteiger charge is -2.55. The van der Waals surface area contributed by atoms with Crippen LogP contribution in [0.4, 0.5) is 5.69 Å². The normalized spacial score (nSPS) is 30.6. The number of rotatable bonds is 4. The molecule has 1 aromatic carbocycles. The van der Waals surface area contributed by atoms with Gasteiger partial charge in [-0.1, -0.05) is 24.3 Å². The average molecular weight is 378 g/mol. The van der Waals surface area contributed by atoms with E-state index in [0.717, 1.165) is 60.6 Å². The Hall–Kier alpha value is -2.10. The summed E-state index contributed by atoms with van der Waals surface area (Å²) in [6, 6.07) is 8.43. The number of amides is 1. The highest BCUT2D eigenvalue weighted by Gasteiger charge is 2.54. The van der Waals surface area contributed by atoms with E-state index >= 15 is 0 Å². The van der Waals surface area contributed by atoms with Crippen molar-refractivity contribution in [3.63, 3.8) is 0 Å². The Morgan fingerprint density at radius 3 is 2.29 bits per heavy atom. The fraction of sp³-hybridized carbons (Fsp3) is 0.583. The van der Waals surface area contributed by atoms with E-state index in [0.29, 0.717) is 0 Å². The van der Waals surface area contributed by atoms with E-state index in [9.17, 15) is 4.79 Å². The molecule has 0 unspecified atom stereocenters. The molecule has 0 radical (unpaired) electrons. The number of carbonyl (C=O) groups is 1. The van der Waals surface area contributed by atoms with Crippen molar-refractivity contribution in [3.8, 4) is 0 Å². The fourth-order valence-electron chi connectivity index (χ4n) is 6.62. The third-order valence-electron chi connectivity index (χ3n) is 7.72. The van der Waals surface area contributed by atoms with Gasteiger partial charge in [0.05, 0.1) is 29.0 Å². The first-order valence-corrected chi connectivity index (χ1v) is 10.8. The molecule has 4 heteroatoms. The molecule has 0 aliphatic heterocycles. The summed E-state index contributed by atoms with van der Waals surface area (Å²) in [7, 11) is 0. The predicted molar refractivity (Wildman–Crippen MR) is 111 cm³/mol. The monoisotopic (exact) mass is 377 g/mol. The van der Waals surface area contributed by atoms with Gasteiger partial charge in [-0.2, -0.15) is 5.10 Å². The Balaban J connectivity index is 1.38. The molecule has 4 bridgehead atoms. The summed E-state index contributed by atoms with van der Waals surface area (Å²) in [6.07, 6.45) is 7.37. The fourth-order valence-corrected chi connectivity index (χ4v) is 6.62. The number of anilines is 1. The second-order valence-electron chi connectivity index (χ2n) is 9.78.